The summed E-state index contributed by atoms with van der Waals surface area (Å²) in [5.74, 6) is -0.657. The number of anilines is 1. The van der Waals surface area contributed by atoms with Crippen molar-refractivity contribution in [3.05, 3.63) is 65.9 Å². The number of hydrogen-bond donors (Lipinski definition) is 1. The summed E-state index contributed by atoms with van der Waals surface area (Å²) in [5.41, 5.74) is -2.54. The second kappa shape index (κ2) is 7.28. The fourth-order valence-corrected chi connectivity index (χ4v) is 3.85. The fraction of sp³-hybridized carbons (Fsp3) is 0.0556. The van der Waals surface area contributed by atoms with Crippen molar-refractivity contribution in [2.45, 2.75) is 10.5 Å². The molecule has 0 saturated carbocycles. The minimum Gasteiger partial charge on any atom is -0.322 e. The largest absolute Gasteiger partial charge is 0.447 e. The Bertz CT molecular complexity index is 1110. The number of rotatable bonds is 4. The Morgan fingerprint density at radius 2 is 1.96 bits per heavy atom. The average Bonchev–Trinajstić information content (AvgIpc) is 3.23. The van der Waals surface area contributed by atoms with Crippen LogP contribution < -0.4 is 5.32 Å². The smallest absolute Gasteiger partial charge is 0.322 e. The molecule has 4 aromatic rings. The van der Waals surface area contributed by atoms with Crippen molar-refractivity contribution in [1.29, 1.82) is 0 Å². The first-order valence-electron chi connectivity index (χ1n) is 7.94. The van der Waals surface area contributed by atoms with Crippen LogP contribution in [0.1, 0.15) is 10.4 Å². The van der Waals surface area contributed by atoms with E-state index in [9.17, 15) is 18.0 Å². The van der Waals surface area contributed by atoms with E-state index in [2.05, 4.69) is 15.3 Å². The molecule has 1 N–H and O–H groups in total. The number of aromatic nitrogens is 3. The number of fused-ring (bicyclic) bond motifs is 1. The van der Waals surface area contributed by atoms with Crippen LogP contribution in [0.4, 0.5) is 18.9 Å². The van der Waals surface area contributed by atoms with Crippen molar-refractivity contribution < 1.29 is 18.0 Å². The summed E-state index contributed by atoms with van der Waals surface area (Å²) in [6, 6.07) is 9.65. The van der Waals surface area contributed by atoms with Gasteiger partial charge < -0.3 is 5.32 Å². The van der Waals surface area contributed by atoms with Gasteiger partial charge in [-0.15, -0.1) is 11.3 Å². The standard InChI is InChI=1S/C18H11F3N4OS2/c19-18(20,21)28-16-13(2-1-7-22-16)15(26)23-12-5-3-11(4-6-12)14-10-25-8-9-27-17(25)24-14/h1-10H,(H,23,26). The van der Waals surface area contributed by atoms with Gasteiger partial charge in [-0.1, -0.05) is 12.1 Å². The lowest BCUT2D eigenvalue weighted by molar-refractivity contribution is -0.0329. The van der Waals surface area contributed by atoms with Crippen molar-refractivity contribution in [3.8, 4) is 11.3 Å². The van der Waals surface area contributed by atoms with Crippen LogP contribution in [0.3, 0.4) is 0 Å². The van der Waals surface area contributed by atoms with Gasteiger partial charge in [0, 0.05) is 47.0 Å². The number of amides is 1. The molecule has 3 aromatic heterocycles. The molecule has 0 spiro atoms. The molecule has 0 saturated heterocycles. The molecule has 5 nitrogen and oxygen atoms in total. The van der Waals surface area contributed by atoms with E-state index in [-0.39, 0.29) is 10.6 Å². The number of hydrogen-bond acceptors (Lipinski definition) is 5. The van der Waals surface area contributed by atoms with Crippen molar-refractivity contribution in [1.82, 2.24) is 14.4 Å². The van der Waals surface area contributed by atoms with Crippen LogP contribution in [0.15, 0.2) is 65.4 Å². The van der Waals surface area contributed by atoms with Crippen LogP contribution in [0.2, 0.25) is 0 Å². The molecule has 0 aliphatic heterocycles. The fourth-order valence-electron chi connectivity index (χ4n) is 2.54. The normalized spacial score (nSPS) is 11.7. The van der Waals surface area contributed by atoms with Crippen LogP contribution in [0.5, 0.6) is 0 Å². The predicted molar refractivity (Wildman–Crippen MR) is 103 cm³/mol. The lowest BCUT2D eigenvalue weighted by Gasteiger charge is -2.10. The molecule has 0 fully saturated rings. The molecule has 3 heterocycles. The molecular formula is C18H11F3N4OS2. The molecule has 0 atom stereocenters. The maximum Gasteiger partial charge on any atom is 0.447 e. The minimum atomic E-state index is -4.52. The maximum atomic E-state index is 12.7. The predicted octanol–water partition coefficient (Wildman–Crippen LogP) is 5.32. The Balaban J connectivity index is 1.52. The number of thiazole rings is 1. The van der Waals surface area contributed by atoms with Gasteiger partial charge in [-0.2, -0.15) is 13.2 Å². The van der Waals surface area contributed by atoms with Gasteiger partial charge in [0.05, 0.1) is 11.3 Å². The molecule has 1 amide bonds. The quantitative estimate of drug-likeness (QED) is 0.454. The van der Waals surface area contributed by atoms with E-state index < -0.39 is 23.2 Å². The van der Waals surface area contributed by atoms with Gasteiger partial charge in [0.2, 0.25) is 0 Å². The Hall–Kier alpha value is -2.85. The zero-order valence-electron chi connectivity index (χ0n) is 14.0. The second-order valence-corrected chi connectivity index (χ2v) is 7.58. The van der Waals surface area contributed by atoms with Crippen molar-refractivity contribution in [3.63, 3.8) is 0 Å². The van der Waals surface area contributed by atoms with Gasteiger partial charge in [0.25, 0.3) is 5.91 Å². The highest BCUT2D eigenvalue weighted by Gasteiger charge is 2.32. The number of nitrogens with one attached hydrogen (secondary N) is 1. The summed E-state index contributed by atoms with van der Waals surface area (Å²) in [4.78, 5) is 21.5. The summed E-state index contributed by atoms with van der Waals surface area (Å²) >= 11 is 1.11. The second-order valence-electron chi connectivity index (χ2n) is 5.65. The summed E-state index contributed by atoms with van der Waals surface area (Å²) in [5, 5.41) is 4.15. The van der Waals surface area contributed by atoms with Crippen LogP contribution in [-0.2, 0) is 0 Å². The molecule has 4 rings (SSSR count). The number of pyridine rings is 1. The molecule has 1 aromatic carbocycles. The topological polar surface area (TPSA) is 59.3 Å². The molecule has 10 heteroatoms. The van der Waals surface area contributed by atoms with E-state index in [1.165, 1.54) is 29.7 Å². The Kier molecular flexibility index (Phi) is 4.82. The number of carbonyl (C=O) groups is 1. The molecular weight excluding hydrogens is 409 g/mol. The highest BCUT2D eigenvalue weighted by Crippen LogP contribution is 2.37. The first kappa shape index (κ1) is 18.5. The molecule has 28 heavy (non-hydrogen) atoms. The number of carbonyl (C=O) groups excluding carboxylic acids is 1. The zero-order chi connectivity index (χ0) is 19.7. The summed E-state index contributed by atoms with van der Waals surface area (Å²) in [7, 11) is 0. The number of halogens is 3. The monoisotopic (exact) mass is 420 g/mol. The lowest BCUT2D eigenvalue weighted by atomic mass is 10.1. The molecule has 0 radical (unpaired) electrons. The summed E-state index contributed by atoms with van der Waals surface area (Å²) in [6.07, 6.45) is 5.03. The van der Waals surface area contributed by atoms with E-state index >= 15 is 0 Å². The molecule has 0 aliphatic carbocycles. The molecule has 142 valence electrons. The summed E-state index contributed by atoms with van der Waals surface area (Å²) in [6.45, 7) is 0. The van der Waals surface area contributed by atoms with Crippen LogP contribution in [-0.4, -0.2) is 25.8 Å². The zero-order valence-corrected chi connectivity index (χ0v) is 15.6. The third kappa shape index (κ3) is 4.02. The average molecular weight is 420 g/mol. The van der Waals surface area contributed by atoms with Gasteiger partial charge in [0.1, 0.15) is 5.03 Å². The summed E-state index contributed by atoms with van der Waals surface area (Å²) < 4.78 is 39.9. The molecule has 0 bridgehead atoms. The first-order valence-corrected chi connectivity index (χ1v) is 9.63. The van der Waals surface area contributed by atoms with Gasteiger partial charge >= 0.3 is 5.51 Å². The molecule has 0 unspecified atom stereocenters. The Morgan fingerprint density at radius 1 is 1.18 bits per heavy atom. The lowest BCUT2D eigenvalue weighted by Crippen LogP contribution is -2.14. The van der Waals surface area contributed by atoms with Crippen molar-refractivity contribution in [2.75, 3.05) is 5.32 Å². The van der Waals surface area contributed by atoms with E-state index in [4.69, 9.17) is 0 Å². The van der Waals surface area contributed by atoms with Crippen molar-refractivity contribution >= 4 is 39.7 Å². The van der Waals surface area contributed by atoms with Crippen LogP contribution in [0.25, 0.3) is 16.2 Å². The van der Waals surface area contributed by atoms with E-state index in [1.807, 2.05) is 22.2 Å². The maximum absolute atomic E-state index is 12.7. The highest BCUT2D eigenvalue weighted by molar-refractivity contribution is 8.00. The number of imidazole rings is 1. The van der Waals surface area contributed by atoms with Gasteiger partial charge in [0.15, 0.2) is 4.96 Å². The van der Waals surface area contributed by atoms with Gasteiger partial charge in [-0.3, -0.25) is 9.20 Å². The Morgan fingerprint density at radius 3 is 2.68 bits per heavy atom. The van der Waals surface area contributed by atoms with Crippen LogP contribution in [0, 0.1) is 0 Å². The third-order valence-electron chi connectivity index (χ3n) is 3.76. The molecule has 0 aliphatic rings. The number of nitrogens with zero attached hydrogens (tertiary/aromatic N) is 3. The third-order valence-corrected chi connectivity index (χ3v) is 5.28. The van der Waals surface area contributed by atoms with E-state index in [0.717, 1.165) is 16.2 Å². The highest BCUT2D eigenvalue weighted by atomic mass is 32.2. The van der Waals surface area contributed by atoms with Gasteiger partial charge in [-0.25, -0.2) is 9.97 Å². The Labute approximate surface area is 165 Å². The first-order chi connectivity index (χ1) is 13.4. The number of alkyl halides is 3. The minimum absolute atomic E-state index is 0.136. The van der Waals surface area contributed by atoms with E-state index in [1.54, 1.807) is 24.3 Å². The van der Waals surface area contributed by atoms with Gasteiger partial charge in [-0.05, 0) is 24.3 Å². The SMILES string of the molecule is O=C(Nc1ccc(-c2cn3ccsc3n2)cc1)c1cccnc1SC(F)(F)F. The van der Waals surface area contributed by atoms with Crippen molar-refractivity contribution in [2.24, 2.45) is 0 Å². The number of thioether (sulfide) groups is 1. The number of benzene rings is 1. The van der Waals surface area contributed by atoms with E-state index in [0.29, 0.717) is 5.69 Å². The van der Waals surface area contributed by atoms with Crippen LogP contribution >= 0.6 is 23.1 Å².